The number of rotatable bonds is 1. The molecule has 0 fully saturated rings. The zero-order valence-corrected chi connectivity index (χ0v) is 5.95. The summed E-state index contributed by atoms with van der Waals surface area (Å²) in [7, 11) is 1.63. The second-order valence-corrected chi connectivity index (χ2v) is 1.51. The van der Waals surface area contributed by atoms with Crippen LogP contribution in [0.3, 0.4) is 0 Å². The van der Waals surface area contributed by atoms with E-state index in [1.807, 2.05) is 6.92 Å². The first-order chi connectivity index (χ1) is 3.31. The molecule has 1 atom stereocenters. The molecule has 0 aliphatic carbocycles. The van der Waals surface area contributed by atoms with E-state index in [2.05, 4.69) is 26.7 Å². The Balaban J connectivity index is 3.29. The summed E-state index contributed by atoms with van der Waals surface area (Å²) in [5, 5.41) is 0. The lowest BCUT2D eigenvalue weighted by Gasteiger charge is -1.94. The zero-order chi connectivity index (χ0) is 5.70. The topological polar surface area (TPSA) is 9.23 Å². The van der Waals surface area contributed by atoms with Crippen molar-refractivity contribution in [3.8, 4) is 10.8 Å². The molecule has 2 heteroatoms. The summed E-state index contributed by atoms with van der Waals surface area (Å²) in [5.74, 6) is 2.74. The van der Waals surface area contributed by atoms with Crippen LogP contribution in [0.4, 0.5) is 0 Å². The summed E-state index contributed by atoms with van der Waals surface area (Å²) in [6, 6.07) is 0. The van der Waals surface area contributed by atoms with E-state index >= 15 is 0 Å². The second-order valence-electron chi connectivity index (χ2n) is 1.12. The normalized spacial score (nSPS) is 11.9. The van der Waals surface area contributed by atoms with Crippen molar-refractivity contribution in [1.29, 1.82) is 0 Å². The van der Waals surface area contributed by atoms with Crippen molar-refractivity contribution in [2.75, 3.05) is 7.11 Å². The van der Waals surface area contributed by atoms with Crippen molar-refractivity contribution in [3.05, 3.63) is 0 Å². The molecular formula is C5H7BrO. The zero-order valence-electron chi connectivity index (χ0n) is 4.36. The van der Waals surface area contributed by atoms with Crippen molar-refractivity contribution >= 4 is 15.9 Å². The second kappa shape index (κ2) is 4.17. The minimum atomic E-state index is 0.0411. The highest BCUT2D eigenvalue weighted by Gasteiger charge is 1.85. The highest BCUT2D eigenvalue weighted by Crippen LogP contribution is 1.82. The van der Waals surface area contributed by atoms with E-state index in [9.17, 15) is 0 Å². The third kappa shape index (κ3) is 3.84. The molecule has 1 nitrogen and oxygen atoms in total. The van der Waals surface area contributed by atoms with Gasteiger partial charge in [-0.1, -0.05) is 5.92 Å². The lowest BCUT2D eigenvalue weighted by molar-refractivity contribution is 0.163. The first kappa shape index (κ1) is 7.00. The van der Waals surface area contributed by atoms with Crippen LogP contribution in [0.15, 0.2) is 0 Å². The predicted molar refractivity (Wildman–Crippen MR) is 33.2 cm³/mol. The molecule has 0 aliphatic heterocycles. The highest BCUT2D eigenvalue weighted by atomic mass is 79.9. The quantitative estimate of drug-likeness (QED) is 0.530. The third-order valence-corrected chi connectivity index (χ3v) is 0.840. The molecule has 0 radical (unpaired) electrons. The summed E-state index contributed by atoms with van der Waals surface area (Å²) in [6.45, 7) is 1.88. The molecule has 0 N–H and O–H groups in total. The van der Waals surface area contributed by atoms with Gasteiger partial charge < -0.3 is 4.74 Å². The molecule has 0 saturated heterocycles. The van der Waals surface area contributed by atoms with Gasteiger partial charge in [0.1, 0.15) is 6.10 Å². The maximum absolute atomic E-state index is 4.79. The number of methoxy groups -OCH3 is 1. The molecule has 0 amide bonds. The van der Waals surface area contributed by atoms with Crippen molar-refractivity contribution < 1.29 is 4.74 Å². The molecule has 0 heterocycles. The van der Waals surface area contributed by atoms with Crippen LogP contribution in [0, 0.1) is 10.8 Å². The van der Waals surface area contributed by atoms with Crippen LogP contribution in [0.2, 0.25) is 0 Å². The standard InChI is InChI=1S/C5H7BrO/c1-5(7-2)3-4-6/h5H,1-2H3. The maximum atomic E-state index is 4.79. The van der Waals surface area contributed by atoms with Gasteiger partial charge in [-0.15, -0.1) is 0 Å². The molecule has 0 aromatic heterocycles. The third-order valence-electron chi connectivity index (χ3n) is 0.611. The number of hydrogen-bond acceptors (Lipinski definition) is 1. The molecule has 40 valence electrons. The van der Waals surface area contributed by atoms with Gasteiger partial charge in [-0.25, -0.2) is 0 Å². The molecule has 0 spiro atoms. The average molecular weight is 163 g/mol. The van der Waals surface area contributed by atoms with E-state index in [4.69, 9.17) is 4.74 Å². The summed E-state index contributed by atoms with van der Waals surface area (Å²) in [6.07, 6.45) is 0.0411. The van der Waals surface area contributed by atoms with E-state index < -0.39 is 0 Å². The maximum Gasteiger partial charge on any atom is 0.115 e. The molecule has 0 bridgehead atoms. The number of hydrogen-bond donors (Lipinski definition) is 0. The van der Waals surface area contributed by atoms with E-state index in [1.54, 1.807) is 7.11 Å². The highest BCUT2D eigenvalue weighted by molar-refractivity contribution is 9.12. The summed E-state index contributed by atoms with van der Waals surface area (Å²) in [5.41, 5.74) is 0. The Morgan fingerprint density at radius 3 is 2.43 bits per heavy atom. The average Bonchev–Trinajstić information content (AvgIpc) is 1.68. The van der Waals surface area contributed by atoms with Crippen LogP contribution in [0.25, 0.3) is 0 Å². The van der Waals surface area contributed by atoms with Gasteiger partial charge in [-0.3, -0.25) is 0 Å². The molecule has 0 aliphatic rings. The van der Waals surface area contributed by atoms with E-state index in [-0.39, 0.29) is 6.10 Å². The van der Waals surface area contributed by atoms with Gasteiger partial charge >= 0.3 is 0 Å². The molecule has 7 heavy (non-hydrogen) atoms. The number of ether oxygens (including phenoxy) is 1. The Labute approximate surface area is 52.2 Å². The Kier molecular flexibility index (Phi) is 4.17. The van der Waals surface area contributed by atoms with E-state index in [1.165, 1.54) is 0 Å². The van der Waals surface area contributed by atoms with Crippen molar-refractivity contribution in [2.45, 2.75) is 13.0 Å². The Morgan fingerprint density at radius 1 is 1.71 bits per heavy atom. The first-order valence-corrected chi connectivity index (χ1v) is 2.74. The minimum Gasteiger partial charge on any atom is -0.369 e. The van der Waals surface area contributed by atoms with Gasteiger partial charge in [0.05, 0.1) is 0 Å². The van der Waals surface area contributed by atoms with Crippen LogP contribution < -0.4 is 0 Å². The monoisotopic (exact) mass is 162 g/mol. The molecule has 0 rings (SSSR count). The molecular weight excluding hydrogens is 156 g/mol. The Hall–Kier alpha value is 0. The van der Waals surface area contributed by atoms with Crippen molar-refractivity contribution in [2.24, 2.45) is 0 Å². The minimum absolute atomic E-state index is 0.0411. The van der Waals surface area contributed by atoms with Gasteiger partial charge in [0.2, 0.25) is 0 Å². The van der Waals surface area contributed by atoms with Gasteiger partial charge in [0, 0.05) is 23.0 Å². The van der Waals surface area contributed by atoms with Crippen LogP contribution in [0.1, 0.15) is 6.92 Å². The van der Waals surface area contributed by atoms with Crippen LogP contribution in [0.5, 0.6) is 0 Å². The van der Waals surface area contributed by atoms with E-state index in [0.717, 1.165) is 0 Å². The van der Waals surface area contributed by atoms with Gasteiger partial charge in [-0.2, -0.15) is 0 Å². The largest absolute Gasteiger partial charge is 0.369 e. The van der Waals surface area contributed by atoms with Crippen LogP contribution in [-0.2, 0) is 4.74 Å². The molecule has 0 aromatic carbocycles. The van der Waals surface area contributed by atoms with Crippen LogP contribution >= 0.6 is 15.9 Å². The van der Waals surface area contributed by atoms with Crippen molar-refractivity contribution in [3.63, 3.8) is 0 Å². The Morgan fingerprint density at radius 2 is 2.29 bits per heavy atom. The fourth-order valence-corrected chi connectivity index (χ4v) is 0.458. The molecule has 0 aromatic rings. The molecule has 1 unspecified atom stereocenters. The Bertz CT molecular complexity index is 90.0. The van der Waals surface area contributed by atoms with Crippen molar-refractivity contribution in [1.82, 2.24) is 0 Å². The number of halogens is 1. The fourth-order valence-electron chi connectivity index (χ4n) is 0.136. The summed E-state index contributed by atoms with van der Waals surface area (Å²) in [4.78, 5) is 2.56. The molecule has 0 saturated carbocycles. The van der Waals surface area contributed by atoms with Gasteiger partial charge in [-0.05, 0) is 11.8 Å². The summed E-state index contributed by atoms with van der Waals surface area (Å²) < 4.78 is 4.79. The fraction of sp³-hybridized carbons (Fsp3) is 0.600. The first-order valence-electron chi connectivity index (χ1n) is 1.95. The lowest BCUT2D eigenvalue weighted by atomic mass is 10.4. The van der Waals surface area contributed by atoms with E-state index in [0.29, 0.717) is 0 Å². The van der Waals surface area contributed by atoms with Gasteiger partial charge in [0.15, 0.2) is 0 Å². The smallest absolute Gasteiger partial charge is 0.115 e. The SMILES string of the molecule is COC(C)C#CBr. The summed E-state index contributed by atoms with van der Waals surface area (Å²) >= 11 is 2.95. The predicted octanol–water partition coefficient (Wildman–Crippen LogP) is 1.38. The lowest BCUT2D eigenvalue weighted by Crippen LogP contribution is -1.98. The van der Waals surface area contributed by atoms with Gasteiger partial charge in [0.25, 0.3) is 0 Å². The van der Waals surface area contributed by atoms with Crippen LogP contribution in [-0.4, -0.2) is 13.2 Å².